The third kappa shape index (κ3) is 44.8. The van der Waals surface area contributed by atoms with Crippen LogP contribution in [0, 0.1) is 0 Å². The number of aliphatic carboxylic acids is 1. The molecule has 1 N–H and O–H groups in total. The quantitative estimate of drug-likeness (QED) is 0.0212. The van der Waals surface area contributed by atoms with Gasteiger partial charge in [-0.2, -0.15) is 0 Å². The van der Waals surface area contributed by atoms with Gasteiger partial charge in [-0.1, -0.05) is 177 Å². The van der Waals surface area contributed by atoms with Gasteiger partial charge in [0.25, 0.3) is 6.29 Å². The van der Waals surface area contributed by atoms with Crippen LogP contribution in [0.3, 0.4) is 0 Å². The van der Waals surface area contributed by atoms with E-state index in [4.69, 9.17) is 18.9 Å². The van der Waals surface area contributed by atoms with Crippen LogP contribution in [0.5, 0.6) is 0 Å². The maximum absolute atomic E-state index is 12.7. The molecule has 0 spiro atoms. The fraction of sp³-hybridized carbons (Fsp3) is 0.750. The standard InChI is InChI=1S/C52H91NO8/c1-6-8-10-12-14-16-18-20-21-22-23-24-25-26-27-28-29-31-32-34-36-38-40-42-49(54)59-46-48(47-60-52(51(56)57)58-45-44-53(3,4)5)61-50(55)43-41-39-37-35-33-30-19-17-15-13-11-9-7-2/h9,11,15,17,22-23,30,33,37,39,48,52H,6-8,10,12-14,16,18-21,24-29,31-32,34-36,38,40-47H2,1-5H3/p+1/b11-9-,17-15-,23-22-,33-30-,39-37-. The van der Waals surface area contributed by atoms with Crippen LogP contribution in [0.1, 0.15) is 194 Å². The van der Waals surface area contributed by atoms with E-state index in [1.54, 1.807) is 0 Å². The minimum Gasteiger partial charge on any atom is -0.477 e. The zero-order valence-corrected chi connectivity index (χ0v) is 39.8. The summed E-state index contributed by atoms with van der Waals surface area (Å²) in [6.07, 6.45) is 50.3. The second kappa shape index (κ2) is 43.6. The van der Waals surface area contributed by atoms with Crippen LogP contribution in [0.2, 0.25) is 0 Å². The number of carboxylic acids is 1. The van der Waals surface area contributed by atoms with Crippen molar-refractivity contribution in [2.24, 2.45) is 0 Å². The van der Waals surface area contributed by atoms with Gasteiger partial charge in [-0.3, -0.25) is 9.59 Å². The second-order valence-corrected chi connectivity index (χ2v) is 17.4. The van der Waals surface area contributed by atoms with Crippen molar-refractivity contribution in [3.8, 4) is 0 Å². The van der Waals surface area contributed by atoms with E-state index in [0.717, 1.165) is 44.9 Å². The molecule has 0 saturated heterocycles. The molecule has 0 aliphatic rings. The summed E-state index contributed by atoms with van der Waals surface area (Å²) in [5.41, 5.74) is 0. The number of rotatable bonds is 44. The van der Waals surface area contributed by atoms with Crippen LogP contribution >= 0.6 is 0 Å². The first kappa shape index (κ1) is 58.0. The lowest BCUT2D eigenvalue weighted by molar-refractivity contribution is -0.870. The molecule has 0 aromatic rings. The molecule has 0 fully saturated rings. The van der Waals surface area contributed by atoms with Gasteiger partial charge in [0.05, 0.1) is 34.4 Å². The monoisotopic (exact) mass is 859 g/mol. The summed E-state index contributed by atoms with van der Waals surface area (Å²) < 4.78 is 22.6. The van der Waals surface area contributed by atoms with Crippen LogP contribution in [-0.2, 0) is 33.3 Å². The van der Waals surface area contributed by atoms with Gasteiger partial charge in [0, 0.05) is 12.8 Å². The van der Waals surface area contributed by atoms with Crippen molar-refractivity contribution in [1.29, 1.82) is 0 Å². The third-order valence-corrected chi connectivity index (χ3v) is 10.3. The number of likely N-dealkylation sites (N-methyl/N-ethyl adjacent to an activating group) is 1. The van der Waals surface area contributed by atoms with Crippen LogP contribution < -0.4 is 0 Å². The number of hydrogen-bond acceptors (Lipinski definition) is 7. The average Bonchev–Trinajstić information content (AvgIpc) is 3.22. The molecular formula is C52H92NO8+. The molecule has 9 heteroatoms. The number of carbonyl (C=O) groups excluding carboxylic acids is 2. The van der Waals surface area contributed by atoms with Gasteiger partial charge in [-0.05, 0) is 64.2 Å². The van der Waals surface area contributed by atoms with E-state index < -0.39 is 24.3 Å². The van der Waals surface area contributed by atoms with Crippen LogP contribution in [0.4, 0.5) is 0 Å². The number of unbranched alkanes of at least 4 members (excludes halogenated alkanes) is 19. The van der Waals surface area contributed by atoms with Crippen molar-refractivity contribution in [3.63, 3.8) is 0 Å². The van der Waals surface area contributed by atoms with E-state index in [-0.39, 0.29) is 38.6 Å². The van der Waals surface area contributed by atoms with Crippen molar-refractivity contribution in [2.45, 2.75) is 206 Å². The highest BCUT2D eigenvalue weighted by atomic mass is 16.7. The molecule has 2 unspecified atom stereocenters. The van der Waals surface area contributed by atoms with Gasteiger partial charge in [0.2, 0.25) is 0 Å². The number of ether oxygens (including phenoxy) is 4. The van der Waals surface area contributed by atoms with E-state index in [1.165, 1.54) is 116 Å². The summed E-state index contributed by atoms with van der Waals surface area (Å²) in [5, 5.41) is 9.64. The molecule has 352 valence electrons. The van der Waals surface area contributed by atoms with E-state index in [1.807, 2.05) is 33.3 Å². The van der Waals surface area contributed by atoms with Gasteiger partial charge < -0.3 is 28.5 Å². The Morgan fingerprint density at radius 3 is 1.46 bits per heavy atom. The van der Waals surface area contributed by atoms with E-state index >= 15 is 0 Å². The number of nitrogens with zero attached hydrogens (tertiary/aromatic N) is 1. The normalized spacial score (nSPS) is 13.4. The topological polar surface area (TPSA) is 108 Å². The van der Waals surface area contributed by atoms with Gasteiger partial charge in [-0.15, -0.1) is 0 Å². The number of hydrogen-bond donors (Lipinski definition) is 1. The van der Waals surface area contributed by atoms with Gasteiger partial charge in [-0.25, -0.2) is 4.79 Å². The number of quaternary nitrogens is 1. The van der Waals surface area contributed by atoms with E-state index in [0.29, 0.717) is 17.4 Å². The Morgan fingerprint density at radius 2 is 0.967 bits per heavy atom. The molecule has 0 bridgehead atoms. The summed E-state index contributed by atoms with van der Waals surface area (Å²) in [4.78, 5) is 37.1. The third-order valence-electron chi connectivity index (χ3n) is 10.3. The molecule has 0 radical (unpaired) electrons. The Labute approximate surface area is 374 Å². The molecule has 9 nitrogen and oxygen atoms in total. The lowest BCUT2D eigenvalue weighted by Crippen LogP contribution is -2.40. The van der Waals surface area contributed by atoms with Crippen molar-refractivity contribution in [1.82, 2.24) is 0 Å². The fourth-order valence-corrected chi connectivity index (χ4v) is 6.49. The highest BCUT2D eigenvalue weighted by molar-refractivity contribution is 5.71. The van der Waals surface area contributed by atoms with Crippen molar-refractivity contribution in [3.05, 3.63) is 60.8 Å². The number of allylic oxidation sites excluding steroid dienone is 10. The van der Waals surface area contributed by atoms with Crippen LogP contribution in [-0.4, -0.2) is 87.4 Å². The molecule has 2 atom stereocenters. The fourth-order valence-electron chi connectivity index (χ4n) is 6.49. The Kier molecular flexibility index (Phi) is 41.5. The smallest absolute Gasteiger partial charge is 0.361 e. The van der Waals surface area contributed by atoms with Crippen molar-refractivity contribution < 1.29 is 42.9 Å². The van der Waals surface area contributed by atoms with Gasteiger partial charge in [0.1, 0.15) is 13.2 Å². The molecule has 0 saturated carbocycles. The molecule has 0 aliphatic heterocycles. The zero-order valence-electron chi connectivity index (χ0n) is 39.8. The molecule has 0 rings (SSSR count). The molecule has 0 aromatic carbocycles. The first-order chi connectivity index (χ1) is 29.6. The second-order valence-electron chi connectivity index (χ2n) is 17.4. The molecule has 0 amide bonds. The molecule has 0 heterocycles. The SMILES string of the molecule is CC/C=C\C/C=C\C/C=C\C/C=C\CCC(=O)OC(COC(=O)CCCCCCCCCCCCC/C=C\CCCCCCCCCC)COC(OCC[N+](C)(C)C)C(=O)O. The zero-order chi connectivity index (χ0) is 44.9. The van der Waals surface area contributed by atoms with Gasteiger partial charge >= 0.3 is 17.9 Å². The number of carbonyl (C=O) groups is 3. The maximum Gasteiger partial charge on any atom is 0.361 e. The average molecular weight is 859 g/mol. The highest BCUT2D eigenvalue weighted by Gasteiger charge is 2.25. The molecule has 61 heavy (non-hydrogen) atoms. The summed E-state index contributed by atoms with van der Waals surface area (Å²) in [6, 6.07) is 0. The summed E-state index contributed by atoms with van der Waals surface area (Å²) in [6.45, 7) is 4.67. The van der Waals surface area contributed by atoms with Crippen LogP contribution in [0.15, 0.2) is 60.8 Å². The predicted molar refractivity (Wildman–Crippen MR) is 253 cm³/mol. The number of esters is 2. The Morgan fingerprint density at radius 1 is 0.508 bits per heavy atom. The Bertz CT molecular complexity index is 1180. The molecule has 0 aromatic heterocycles. The molecular weight excluding hydrogens is 767 g/mol. The van der Waals surface area contributed by atoms with Crippen LogP contribution in [0.25, 0.3) is 0 Å². The van der Waals surface area contributed by atoms with E-state index in [2.05, 4.69) is 62.5 Å². The highest BCUT2D eigenvalue weighted by Crippen LogP contribution is 2.14. The first-order valence-electron chi connectivity index (χ1n) is 24.5. The summed E-state index contributed by atoms with van der Waals surface area (Å²) >= 11 is 0. The molecule has 0 aliphatic carbocycles. The largest absolute Gasteiger partial charge is 0.477 e. The van der Waals surface area contributed by atoms with Crippen molar-refractivity contribution >= 4 is 17.9 Å². The van der Waals surface area contributed by atoms with Gasteiger partial charge in [0.15, 0.2) is 6.10 Å². The lowest BCUT2D eigenvalue weighted by atomic mass is 10.0. The Hall–Kier alpha value is -3.01. The lowest BCUT2D eigenvalue weighted by Gasteiger charge is -2.25. The predicted octanol–water partition coefficient (Wildman–Crippen LogP) is 13.3. The summed E-state index contributed by atoms with van der Waals surface area (Å²) in [5.74, 6) is -2.12. The van der Waals surface area contributed by atoms with E-state index in [9.17, 15) is 19.5 Å². The summed E-state index contributed by atoms with van der Waals surface area (Å²) in [7, 11) is 5.93. The minimum absolute atomic E-state index is 0.137. The number of carboxylic acid groups (broad SMARTS) is 1. The maximum atomic E-state index is 12.7. The first-order valence-corrected chi connectivity index (χ1v) is 24.5. The minimum atomic E-state index is -1.53. The van der Waals surface area contributed by atoms with Crippen molar-refractivity contribution in [2.75, 3.05) is 47.5 Å². The Balaban J connectivity index is 4.34.